The quantitative estimate of drug-likeness (QED) is 0.756. The summed E-state index contributed by atoms with van der Waals surface area (Å²) in [6.07, 6.45) is 5.08. The molecule has 0 bridgehead atoms. The molecular formula is C22H22N4O. The lowest BCUT2D eigenvalue weighted by molar-refractivity contribution is 0.102. The van der Waals surface area contributed by atoms with Crippen LogP contribution < -0.4 is 10.2 Å². The summed E-state index contributed by atoms with van der Waals surface area (Å²) < 4.78 is 0. The molecule has 0 spiro atoms. The maximum absolute atomic E-state index is 12.6. The third-order valence-corrected chi connectivity index (χ3v) is 5.01. The van der Waals surface area contributed by atoms with Gasteiger partial charge in [-0.1, -0.05) is 43.3 Å². The van der Waals surface area contributed by atoms with E-state index < -0.39 is 0 Å². The van der Waals surface area contributed by atoms with E-state index in [1.807, 2.05) is 31.2 Å². The van der Waals surface area contributed by atoms with Gasteiger partial charge < -0.3 is 10.2 Å². The van der Waals surface area contributed by atoms with Crippen LogP contribution in [0.15, 0.2) is 54.9 Å². The molecule has 3 aromatic rings. The predicted molar refractivity (Wildman–Crippen MR) is 108 cm³/mol. The molecule has 0 atom stereocenters. The summed E-state index contributed by atoms with van der Waals surface area (Å²) in [6, 6.07) is 14.3. The van der Waals surface area contributed by atoms with Crippen LogP contribution in [-0.2, 0) is 12.8 Å². The number of rotatable bonds is 4. The van der Waals surface area contributed by atoms with Crippen LogP contribution >= 0.6 is 0 Å². The molecule has 1 amide bonds. The lowest BCUT2D eigenvalue weighted by atomic mass is 10.1. The van der Waals surface area contributed by atoms with Crippen LogP contribution in [-0.4, -0.2) is 22.4 Å². The fourth-order valence-corrected chi connectivity index (χ4v) is 3.53. The minimum Gasteiger partial charge on any atom is -0.325 e. The molecule has 0 saturated heterocycles. The zero-order valence-electron chi connectivity index (χ0n) is 15.6. The number of para-hydroxylation sites is 2. The van der Waals surface area contributed by atoms with Crippen LogP contribution in [0.5, 0.6) is 0 Å². The maximum Gasteiger partial charge on any atom is 0.275 e. The van der Waals surface area contributed by atoms with E-state index in [9.17, 15) is 4.79 Å². The molecule has 0 radical (unpaired) electrons. The summed E-state index contributed by atoms with van der Waals surface area (Å²) in [5, 5.41) is 3.00. The van der Waals surface area contributed by atoms with Gasteiger partial charge in [0.05, 0.1) is 12.4 Å². The van der Waals surface area contributed by atoms with Crippen molar-refractivity contribution in [3.8, 4) is 0 Å². The molecule has 1 aromatic heterocycles. The van der Waals surface area contributed by atoms with E-state index in [0.29, 0.717) is 5.69 Å². The van der Waals surface area contributed by atoms with Crippen molar-refractivity contribution in [2.75, 3.05) is 16.8 Å². The van der Waals surface area contributed by atoms with Gasteiger partial charge >= 0.3 is 0 Å². The van der Waals surface area contributed by atoms with Crippen molar-refractivity contribution in [1.29, 1.82) is 0 Å². The average molecular weight is 358 g/mol. The van der Waals surface area contributed by atoms with Gasteiger partial charge in [-0.25, -0.2) is 9.97 Å². The number of nitrogens with zero attached hydrogens (tertiary/aromatic N) is 3. The number of aromatic nitrogens is 2. The highest BCUT2D eigenvalue weighted by Gasteiger charge is 2.21. The second kappa shape index (κ2) is 7.19. The van der Waals surface area contributed by atoms with Crippen molar-refractivity contribution in [1.82, 2.24) is 9.97 Å². The van der Waals surface area contributed by atoms with Crippen LogP contribution in [0.2, 0.25) is 0 Å². The standard InChI is InChI=1S/C22H22N4O/c1-3-16-9-6-7-15(2)21(16)25-22(27)18-13-24-20(14-23-18)26-12-11-17-8-4-5-10-19(17)26/h4-10,13-14H,3,11-12H2,1-2H3,(H,25,27). The average Bonchev–Trinajstić information content (AvgIpc) is 3.13. The highest BCUT2D eigenvalue weighted by atomic mass is 16.1. The lowest BCUT2D eigenvalue weighted by Gasteiger charge is -2.18. The summed E-state index contributed by atoms with van der Waals surface area (Å²) in [7, 11) is 0. The Hall–Kier alpha value is -3.21. The number of fused-ring (bicyclic) bond motifs is 1. The maximum atomic E-state index is 12.6. The highest BCUT2D eigenvalue weighted by molar-refractivity contribution is 6.03. The first-order chi connectivity index (χ1) is 13.2. The first-order valence-electron chi connectivity index (χ1n) is 9.24. The first kappa shape index (κ1) is 17.2. The molecule has 0 unspecified atom stereocenters. The van der Waals surface area contributed by atoms with Crippen molar-refractivity contribution < 1.29 is 4.79 Å². The SMILES string of the molecule is CCc1cccc(C)c1NC(=O)c1cnc(N2CCc3ccccc32)cn1. The number of anilines is 3. The third kappa shape index (κ3) is 3.28. The van der Waals surface area contributed by atoms with Crippen molar-refractivity contribution in [2.45, 2.75) is 26.7 Å². The molecule has 0 saturated carbocycles. The number of amides is 1. The van der Waals surface area contributed by atoms with Crippen LogP contribution in [0.1, 0.15) is 34.1 Å². The Morgan fingerprint density at radius 1 is 1.11 bits per heavy atom. The molecule has 27 heavy (non-hydrogen) atoms. The predicted octanol–water partition coefficient (Wildman–Crippen LogP) is 4.29. The number of carbonyl (C=O) groups is 1. The Balaban J connectivity index is 1.54. The number of hydrogen-bond acceptors (Lipinski definition) is 4. The molecule has 5 heteroatoms. The fourth-order valence-electron chi connectivity index (χ4n) is 3.53. The largest absolute Gasteiger partial charge is 0.325 e. The zero-order chi connectivity index (χ0) is 18.8. The summed E-state index contributed by atoms with van der Waals surface area (Å²) in [5.74, 6) is 0.529. The van der Waals surface area contributed by atoms with Gasteiger partial charge in [-0.05, 0) is 42.5 Å². The van der Waals surface area contributed by atoms with Crippen LogP contribution in [0.3, 0.4) is 0 Å². The molecule has 136 valence electrons. The third-order valence-electron chi connectivity index (χ3n) is 5.01. The Labute approximate surface area is 159 Å². The fraction of sp³-hybridized carbons (Fsp3) is 0.227. The molecule has 4 rings (SSSR count). The molecule has 2 aromatic carbocycles. The van der Waals surface area contributed by atoms with Gasteiger partial charge in [-0.15, -0.1) is 0 Å². The van der Waals surface area contributed by atoms with Crippen LogP contribution in [0, 0.1) is 6.92 Å². The van der Waals surface area contributed by atoms with Crippen molar-refractivity contribution >= 4 is 23.1 Å². The van der Waals surface area contributed by atoms with Crippen LogP contribution in [0.25, 0.3) is 0 Å². The van der Waals surface area contributed by atoms with Crippen molar-refractivity contribution in [3.05, 3.63) is 77.2 Å². The van der Waals surface area contributed by atoms with Gasteiger partial charge in [-0.2, -0.15) is 0 Å². The summed E-state index contributed by atoms with van der Waals surface area (Å²) in [6.45, 7) is 4.95. The molecule has 1 aliphatic rings. The minimum atomic E-state index is -0.236. The van der Waals surface area contributed by atoms with Gasteiger partial charge in [-0.3, -0.25) is 4.79 Å². The summed E-state index contributed by atoms with van der Waals surface area (Å²) in [5.41, 5.74) is 5.81. The van der Waals surface area contributed by atoms with E-state index in [-0.39, 0.29) is 5.91 Å². The first-order valence-corrected chi connectivity index (χ1v) is 9.24. The van der Waals surface area contributed by atoms with Gasteiger partial charge in [0.15, 0.2) is 5.82 Å². The van der Waals surface area contributed by atoms with E-state index in [0.717, 1.165) is 47.7 Å². The summed E-state index contributed by atoms with van der Waals surface area (Å²) in [4.78, 5) is 23.6. The summed E-state index contributed by atoms with van der Waals surface area (Å²) >= 11 is 0. The number of carbonyl (C=O) groups excluding carboxylic acids is 1. The van der Waals surface area contributed by atoms with Gasteiger partial charge in [0.1, 0.15) is 5.69 Å². The Bertz CT molecular complexity index is 982. The van der Waals surface area contributed by atoms with Gasteiger partial charge in [0.2, 0.25) is 0 Å². The topological polar surface area (TPSA) is 58.1 Å². The Kier molecular flexibility index (Phi) is 4.59. The number of hydrogen-bond donors (Lipinski definition) is 1. The Morgan fingerprint density at radius 2 is 1.96 bits per heavy atom. The van der Waals surface area contributed by atoms with E-state index >= 15 is 0 Å². The molecule has 1 N–H and O–H groups in total. The molecule has 2 heterocycles. The van der Waals surface area contributed by atoms with Gasteiger partial charge in [0.25, 0.3) is 5.91 Å². The van der Waals surface area contributed by atoms with E-state index in [1.54, 1.807) is 12.4 Å². The number of benzene rings is 2. The monoisotopic (exact) mass is 358 g/mol. The zero-order valence-corrected chi connectivity index (χ0v) is 15.6. The Morgan fingerprint density at radius 3 is 2.74 bits per heavy atom. The van der Waals surface area contributed by atoms with E-state index in [2.05, 4.69) is 45.3 Å². The van der Waals surface area contributed by atoms with E-state index in [1.165, 1.54) is 5.56 Å². The minimum absolute atomic E-state index is 0.236. The molecule has 1 aliphatic heterocycles. The molecule has 0 aliphatic carbocycles. The lowest BCUT2D eigenvalue weighted by Crippen LogP contribution is -2.18. The second-order valence-electron chi connectivity index (χ2n) is 6.71. The van der Waals surface area contributed by atoms with Crippen molar-refractivity contribution in [2.24, 2.45) is 0 Å². The molecular weight excluding hydrogens is 336 g/mol. The molecule has 0 fully saturated rings. The van der Waals surface area contributed by atoms with Gasteiger partial charge in [0, 0.05) is 17.9 Å². The van der Waals surface area contributed by atoms with E-state index in [4.69, 9.17) is 0 Å². The number of aryl methyl sites for hydroxylation is 2. The number of nitrogens with one attached hydrogen (secondary N) is 1. The highest BCUT2D eigenvalue weighted by Crippen LogP contribution is 2.32. The van der Waals surface area contributed by atoms with Crippen LogP contribution in [0.4, 0.5) is 17.2 Å². The smallest absolute Gasteiger partial charge is 0.275 e. The van der Waals surface area contributed by atoms with Crippen molar-refractivity contribution in [3.63, 3.8) is 0 Å². The normalized spacial score (nSPS) is 12.7. The molecule has 5 nitrogen and oxygen atoms in total. The second-order valence-corrected chi connectivity index (χ2v) is 6.71.